The van der Waals surface area contributed by atoms with Crippen molar-refractivity contribution >= 4 is 0 Å². The van der Waals surface area contributed by atoms with Gasteiger partial charge in [0.1, 0.15) is 0 Å². The van der Waals surface area contributed by atoms with Crippen LogP contribution in [0.15, 0.2) is 36.5 Å². The van der Waals surface area contributed by atoms with Gasteiger partial charge in [-0.15, -0.1) is 0 Å². The van der Waals surface area contributed by atoms with Crippen molar-refractivity contribution in [1.29, 1.82) is 0 Å². The van der Waals surface area contributed by atoms with E-state index in [0.717, 1.165) is 0 Å². The van der Waals surface area contributed by atoms with Gasteiger partial charge in [0.25, 0.3) is 0 Å². The van der Waals surface area contributed by atoms with Crippen LogP contribution in [0.25, 0.3) is 0 Å². The van der Waals surface area contributed by atoms with Gasteiger partial charge in [0.05, 0.1) is 0 Å². The zero-order chi connectivity index (χ0) is 42.7. The Morgan fingerprint density at radius 3 is 0.576 bits per heavy atom. The molecule has 0 aliphatic carbocycles. The van der Waals surface area contributed by atoms with E-state index in [1.165, 1.54) is 263 Å². The average molecular weight is 859 g/mol. The minimum atomic E-state index is -1.80. The normalized spacial score (nSPS) is 12.4. The molecule has 0 fully saturated rings. The SMILES string of the molecule is CCCCCCCC/C=C\CCCCCCC[CH2][Ti]([CH2]CCC)([CH2]CCCCCCC/C=C\CCCCCCCC)[CH2]CCCCCCC/C=C\CCCCCCCC. The zero-order valence-electron chi connectivity index (χ0n) is 41.9. The van der Waals surface area contributed by atoms with Gasteiger partial charge in [-0.25, -0.2) is 0 Å². The van der Waals surface area contributed by atoms with E-state index in [9.17, 15) is 0 Å². The molecule has 0 heterocycles. The summed E-state index contributed by atoms with van der Waals surface area (Å²) in [6, 6.07) is 0. The van der Waals surface area contributed by atoms with Gasteiger partial charge in [-0.1, -0.05) is 117 Å². The second kappa shape index (κ2) is 52.3. The molecule has 0 aromatic heterocycles. The summed E-state index contributed by atoms with van der Waals surface area (Å²) in [5.74, 6) is 0. The van der Waals surface area contributed by atoms with Crippen molar-refractivity contribution in [3.05, 3.63) is 36.5 Å². The van der Waals surface area contributed by atoms with Crippen molar-refractivity contribution in [3.8, 4) is 0 Å². The van der Waals surface area contributed by atoms with Gasteiger partial charge in [-0.05, 0) is 0 Å². The van der Waals surface area contributed by atoms with Gasteiger partial charge in [-0.2, -0.15) is 0 Å². The minimum absolute atomic E-state index is 1.31. The Morgan fingerprint density at radius 1 is 0.186 bits per heavy atom. The maximum atomic E-state index is 2.49. The molecule has 0 bridgehead atoms. The van der Waals surface area contributed by atoms with Crippen LogP contribution >= 0.6 is 0 Å². The van der Waals surface area contributed by atoms with Gasteiger partial charge >= 0.3 is 265 Å². The van der Waals surface area contributed by atoms with Crippen LogP contribution < -0.4 is 0 Å². The summed E-state index contributed by atoms with van der Waals surface area (Å²) in [5, 5.41) is 0. The van der Waals surface area contributed by atoms with E-state index >= 15 is 0 Å². The molecule has 1 heteroatoms. The summed E-state index contributed by atoms with van der Waals surface area (Å²) in [5.41, 5.74) is 0. The van der Waals surface area contributed by atoms with Gasteiger partial charge in [-0.3, -0.25) is 0 Å². The fourth-order valence-corrected chi connectivity index (χ4v) is 18.3. The number of hydrogen-bond donors (Lipinski definition) is 0. The Hall–Kier alpha value is -0.0657. The average Bonchev–Trinajstić information content (AvgIpc) is 3.25. The van der Waals surface area contributed by atoms with E-state index < -0.39 is 16.6 Å². The van der Waals surface area contributed by atoms with Crippen LogP contribution in [0.1, 0.15) is 310 Å². The molecule has 0 aromatic rings. The monoisotopic (exact) mass is 859 g/mol. The molecule has 350 valence electrons. The van der Waals surface area contributed by atoms with Crippen molar-refractivity contribution in [1.82, 2.24) is 0 Å². The molecule has 0 rings (SSSR count). The zero-order valence-corrected chi connectivity index (χ0v) is 43.5. The molecule has 0 aliphatic rings. The van der Waals surface area contributed by atoms with Crippen molar-refractivity contribution in [3.63, 3.8) is 0 Å². The number of allylic oxidation sites excluding steroid dienone is 6. The third kappa shape index (κ3) is 47.3. The topological polar surface area (TPSA) is 0 Å². The molecular weight excluding hydrogens is 745 g/mol. The first-order valence-electron chi connectivity index (χ1n) is 28.2. The smallest absolute Gasteiger partial charge is 0.0654 e. The van der Waals surface area contributed by atoms with E-state index in [1.807, 2.05) is 0 Å². The molecule has 0 spiro atoms. The van der Waals surface area contributed by atoms with Crippen LogP contribution in [0.2, 0.25) is 18.9 Å². The molecule has 0 amide bonds. The van der Waals surface area contributed by atoms with Gasteiger partial charge in [0.15, 0.2) is 0 Å². The van der Waals surface area contributed by atoms with E-state index in [0.29, 0.717) is 0 Å². The first kappa shape index (κ1) is 58.9. The fraction of sp³-hybridized carbons (Fsp3) is 0.897. The van der Waals surface area contributed by atoms with E-state index in [2.05, 4.69) is 64.2 Å². The molecule has 0 saturated heterocycles. The summed E-state index contributed by atoms with van der Waals surface area (Å²) in [6.45, 7) is 9.40. The Morgan fingerprint density at radius 2 is 0.356 bits per heavy atom. The van der Waals surface area contributed by atoms with Crippen LogP contribution in [-0.2, 0) is 16.6 Å². The number of hydrogen-bond acceptors (Lipinski definition) is 0. The first-order valence-corrected chi connectivity index (χ1v) is 32.6. The van der Waals surface area contributed by atoms with Crippen LogP contribution in [0, 0.1) is 0 Å². The summed E-state index contributed by atoms with van der Waals surface area (Å²) >= 11 is -1.80. The fourth-order valence-electron chi connectivity index (χ4n) is 9.54. The molecule has 0 unspecified atom stereocenters. The molecular formula is C58H114Ti. The predicted octanol–water partition coefficient (Wildman–Crippen LogP) is 22.7. The third-order valence-corrected chi connectivity index (χ3v) is 22.6. The Labute approximate surface area is 380 Å². The minimum Gasteiger partial charge on any atom is -0.0654 e. The van der Waals surface area contributed by atoms with Crippen LogP contribution in [0.5, 0.6) is 0 Å². The Kier molecular flexibility index (Phi) is 52.2. The van der Waals surface area contributed by atoms with Gasteiger partial charge < -0.3 is 0 Å². The van der Waals surface area contributed by atoms with Gasteiger partial charge in [0, 0.05) is 0 Å². The van der Waals surface area contributed by atoms with Crippen LogP contribution in [-0.4, -0.2) is 0 Å². The number of rotatable bonds is 51. The third-order valence-electron chi connectivity index (χ3n) is 13.7. The van der Waals surface area contributed by atoms with Crippen molar-refractivity contribution < 1.29 is 16.6 Å². The predicted molar refractivity (Wildman–Crippen MR) is 272 cm³/mol. The molecule has 0 radical (unpaired) electrons. The molecule has 0 atom stereocenters. The van der Waals surface area contributed by atoms with E-state index in [4.69, 9.17) is 0 Å². The molecule has 0 nitrogen and oxygen atoms in total. The quantitative estimate of drug-likeness (QED) is 0.0325. The summed E-state index contributed by atoms with van der Waals surface area (Å²) < 4.78 is 6.81. The van der Waals surface area contributed by atoms with Crippen molar-refractivity contribution in [2.75, 3.05) is 0 Å². The second-order valence-corrected chi connectivity index (χ2v) is 27.5. The summed E-state index contributed by atoms with van der Waals surface area (Å²) in [6.07, 6.45) is 78.1. The van der Waals surface area contributed by atoms with Crippen LogP contribution in [0.3, 0.4) is 0 Å². The van der Waals surface area contributed by atoms with Crippen molar-refractivity contribution in [2.45, 2.75) is 329 Å². The molecule has 0 aromatic carbocycles. The van der Waals surface area contributed by atoms with E-state index in [-0.39, 0.29) is 0 Å². The standard InChI is InChI=1S/3C18H35.C4H9.Ti/c3*1-3-5-7-9-11-13-15-17-18-16-14-12-10-8-6-4-2;1-3-4-2;/h3*17-18H,1,3-16H2,2H3;1,3-4H2,2H3;/b3*18-17-;;. The van der Waals surface area contributed by atoms with Crippen molar-refractivity contribution in [2.24, 2.45) is 0 Å². The first-order chi connectivity index (χ1) is 29.2. The molecule has 59 heavy (non-hydrogen) atoms. The summed E-state index contributed by atoms with van der Waals surface area (Å²) in [7, 11) is 0. The Bertz CT molecular complexity index is 734. The van der Waals surface area contributed by atoms with Gasteiger partial charge in [0.2, 0.25) is 0 Å². The molecule has 0 saturated carbocycles. The molecule has 0 aliphatic heterocycles. The van der Waals surface area contributed by atoms with E-state index in [1.54, 1.807) is 38.2 Å². The second-order valence-electron chi connectivity index (χ2n) is 19.7. The maximum absolute atomic E-state index is 2.49. The Balaban J connectivity index is 4.52. The number of unbranched alkanes of at least 4 members (excludes halogenated alkanes) is 37. The molecule has 0 N–H and O–H groups in total. The summed E-state index contributed by atoms with van der Waals surface area (Å²) in [4.78, 5) is 0. The van der Waals surface area contributed by atoms with Crippen LogP contribution in [0.4, 0.5) is 0 Å².